The zero-order chi connectivity index (χ0) is 26.7. The van der Waals surface area contributed by atoms with E-state index in [2.05, 4.69) is 33.1 Å². The van der Waals surface area contributed by atoms with Gasteiger partial charge in [0.15, 0.2) is 0 Å². The Bertz CT molecular complexity index is 941. The van der Waals surface area contributed by atoms with Crippen molar-refractivity contribution in [1.29, 1.82) is 0 Å². The van der Waals surface area contributed by atoms with E-state index >= 15 is 0 Å². The lowest BCUT2D eigenvalue weighted by molar-refractivity contribution is -0.384. The van der Waals surface area contributed by atoms with Crippen molar-refractivity contribution < 1.29 is 9.85 Å². The van der Waals surface area contributed by atoms with Gasteiger partial charge in [0, 0.05) is 18.7 Å². The first-order chi connectivity index (χ1) is 18.0. The maximum atomic E-state index is 11.7. The largest absolute Gasteiger partial charge is 0.364 e. The van der Waals surface area contributed by atoms with Crippen LogP contribution in [0.1, 0.15) is 96.8 Å². The Morgan fingerprint density at radius 2 is 1.19 bits per heavy atom. The number of nitrogens with one attached hydrogen (secondary N) is 3. The molecule has 0 saturated heterocycles. The van der Waals surface area contributed by atoms with Gasteiger partial charge in [-0.2, -0.15) is 0 Å². The van der Waals surface area contributed by atoms with Crippen molar-refractivity contribution in [3.05, 3.63) is 50.8 Å². The molecule has 204 valence electrons. The highest BCUT2D eigenvalue weighted by molar-refractivity contribution is 5.70. The molecular formula is C26H41N7O4. The molecule has 3 N–H and O–H groups in total. The first-order valence-electron chi connectivity index (χ1n) is 13.5. The summed E-state index contributed by atoms with van der Waals surface area (Å²) >= 11 is 0. The monoisotopic (exact) mass is 515 g/mol. The normalized spacial score (nSPS) is 10.7. The van der Waals surface area contributed by atoms with E-state index in [0.29, 0.717) is 12.2 Å². The minimum absolute atomic E-state index is 0.00168. The van der Waals surface area contributed by atoms with Crippen LogP contribution in [0.4, 0.5) is 28.7 Å². The number of rotatable bonds is 21. The Hall–Kier alpha value is -3.50. The van der Waals surface area contributed by atoms with Gasteiger partial charge in [0.25, 0.3) is 5.69 Å². The van der Waals surface area contributed by atoms with Gasteiger partial charge in [-0.15, -0.1) is 0 Å². The van der Waals surface area contributed by atoms with Crippen LogP contribution in [0.2, 0.25) is 0 Å². The van der Waals surface area contributed by atoms with Gasteiger partial charge < -0.3 is 5.32 Å². The van der Waals surface area contributed by atoms with Crippen LogP contribution < -0.4 is 16.2 Å². The summed E-state index contributed by atoms with van der Waals surface area (Å²) in [6, 6.07) is 5.66. The number of unbranched alkanes of at least 4 members (excludes halogenated alkanes) is 13. The van der Waals surface area contributed by atoms with Crippen LogP contribution in [0.15, 0.2) is 30.6 Å². The molecule has 37 heavy (non-hydrogen) atoms. The average Bonchev–Trinajstić information content (AvgIpc) is 2.89. The second kappa shape index (κ2) is 17.9. The first-order valence-corrected chi connectivity index (χ1v) is 13.5. The summed E-state index contributed by atoms with van der Waals surface area (Å²) in [5.74, 6) is 0.157. The molecule has 0 atom stereocenters. The molecule has 11 heteroatoms. The summed E-state index contributed by atoms with van der Waals surface area (Å²) in [4.78, 5) is 29.4. The molecule has 11 nitrogen and oxygen atoms in total. The van der Waals surface area contributed by atoms with Crippen molar-refractivity contribution >= 4 is 28.7 Å². The molecule has 1 heterocycles. The van der Waals surface area contributed by atoms with E-state index in [-0.39, 0.29) is 23.0 Å². The van der Waals surface area contributed by atoms with Gasteiger partial charge in [0.2, 0.25) is 11.6 Å². The lowest BCUT2D eigenvalue weighted by atomic mass is 10.0. The topological polar surface area (TPSA) is 148 Å². The molecule has 0 aliphatic carbocycles. The molecule has 2 rings (SSSR count). The number of hydrazine groups is 1. The Balaban J connectivity index is 1.64. The summed E-state index contributed by atoms with van der Waals surface area (Å²) in [6.07, 6.45) is 19.1. The number of aromatic nitrogens is 2. The number of nitrogens with zero attached hydrogens (tertiary/aromatic N) is 4. The quantitative estimate of drug-likeness (QED) is 0.0866. The van der Waals surface area contributed by atoms with E-state index in [1.807, 2.05) is 0 Å². The molecule has 0 aliphatic heterocycles. The van der Waals surface area contributed by atoms with E-state index in [9.17, 15) is 20.2 Å². The van der Waals surface area contributed by atoms with Gasteiger partial charge in [-0.3, -0.25) is 31.1 Å². The minimum Gasteiger partial charge on any atom is -0.364 e. The van der Waals surface area contributed by atoms with Crippen LogP contribution in [-0.4, -0.2) is 26.4 Å². The molecule has 0 amide bonds. The summed E-state index contributed by atoms with van der Waals surface area (Å²) in [6.45, 7) is 2.84. The fraction of sp³-hybridized carbons (Fsp3) is 0.615. The third kappa shape index (κ3) is 11.9. The summed E-state index contributed by atoms with van der Waals surface area (Å²) in [7, 11) is 0. The number of anilines is 3. The molecule has 0 radical (unpaired) electrons. The molecule has 0 bridgehead atoms. The SMILES string of the molecule is CCCCCCCCCCCCCCCCNc1ncnc(NNc2ccc([N+](=O)[O-])cc2)c1[N+](=O)[O-]. The Morgan fingerprint density at radius 1 is 0.676 bits per heavy atom. The zero-order valence-electron chi connectivity index (χ0n) is 21.9. The molecule has 2 aromatic rings. The van der Waals surface area contributed by atoms with Gasteiger partial charge in [-0.25, -0.2) is 9.97 Å². The molecule has 0 saturated carbocycles. The Kier molecular flexibility index (Phi) is 14.3. The first kappa shape index (κ1) is 29.7. The van der Waals surface area contributed by atoms with Gasteiger partial charge in [0.1, 0.15) is 6.33 Å². The van der Waals surface area contributed by atoms with E-state index in [1.165, 1.54) is 101 Å². The third-order valence-electron chi connectivity index (χ3n) is 6.23. The highest BCUT2D eigenvalue weighted by Crippen LogP contribution is 2.29. The fourth-order valence-corrected chi connectivity index (χ4v) is 4.10. The summed E-state index contributed by atoms with van der Waals surface area (Å²) in [5.41, 5.74) is 5.66. The van der Waals surface area contributed by atoms with Crippen molar-refractivity contribution in [3.63, 3.8) is 0 Å². The molecule has 0 fully saturated rings. The molecular weight excluding hydrogens is 474 g/mol. The van der Waals surface area contributed by atoms with Crippen molar-refractivity contribution in [2.24, 2.45) is 0 Å². The van der Waals surface area contributed by atoms with Crippen molar-refractivity contribution in [1.82, 2.24) is 9.97 Å². The maximum Gasteiger partial charge on any atom is 0.354 e. The fourth-order valence-electron chi connectivity index (χ4n) is 4.10. The predicted molar refractivity (Wildman–Crippen MR) is 148 cm³/mol. The van der Waals surface area contributed by atoms with E-state index in [1.54, 1.807) is 0 Å². The number of nitro groups is 2. The second-order valence-corrected chi connectivity index (χ2v) is 9.25. The maximum absolute atomic E-state index is 11.7. The van der Waals surface area contributed by atoms with E-state index in [0.717, 1.165) is 19.3 Å². The smallest absolute Gasteiger partial charge is 0.354 e. The minimum atomic E-state index is -0.534. The molecule has 0 aliphatic rings. The third-order valence-corrected chi connectivity index (χ3v) is 6.23. The number of benzene rings is 1. The van der Waals surface area contributed by atoms with Crippen LogP contribution in [0, 0.1) is 20.2 Å². The van der Waals surface area contributed by atoms with Crippen molar-refractivity contribution in [2.45, 2.75) is 96.8 Å². The zero-order valence-corrected chi connectivity index (χ0v) is 21.9. The number of hydrogen-bond acceptors (Lipinski definition) is 9. The highest BCUT2D eigenvalue weighted by Gasteiger charge is 2.22. The molecule has 0 spiro atoms. The van der Waals surface area contributed by atoms with Crippen molar-refractivity contribution in [3.8, 4) is 0 Å². The van der Waals surface area contributed by atoms with Crippen LogP contribution in [0.3, 0.4) is 0 Å². The van der Waals surface area contributed by atoms with Gasteiger partial charge >= 0.3 is 5.69 Å². The second-order valence-electron chi connectivity index (χ2n) is 9.25. The van der Waals surface area contributed by atoms with Crippen LogP contribution in [-0.2, 0) is 0 Å². The lowest BCUT2D eigenvalue weighted by Crippen LogP contribution is -2.14. The van der Waals surface area contributed by atoms with Crippen molar-refractivity contribution in [2.75, 3.05) is 22.7 Å². The van der Waals surface area contributed by atoms with Crippen LogP contribution >= 0.6 is 0 Å². The predicted octanol–water partition coefficient (Wildman–Crippen LogP) is 7.63. The Labute approximate surface area is 219 Å². The van der Waals surface area contributed by atoms with Crippen LogP contribution in [0.25, 0.3) is 0 Å². The molecule has 1 aromatic carbocycles. The molecule has 0 unspecified atom stereocenters. The number of hydrogen-bond donors (Lipinski definition) is 3. The van der Waals surface area contributed by atoms with E-state index < -0.39 is 9.85 Å². The average molecular weight is 516 g/mol. The summed E-state index contributed by atoms with van der Waals surface area (Å²) in [5, 5.41) is 25.5. The van der Waals surface area contributed by atoms with Gasteiger partial charge in [0.05, 0.1) is 15.5 Å². The highest BCUT2D eigenvalue weighted by atomic mass is 16.6. The van der Waals surface area contributed by atoms with Gasteiger partial charge in [-0.05, 0) is 18.6 Å². The van der Waals surface area contributed by atoms with Gasteiger partial charge in [-0.1, -0.05) is 90.4 Å². The standard InChI is InChI=1S/C26H41N7O4/c1-2-3-4-5-6-7-8-9-10-11-12-13-14-15-20-27-25-24(33(36)37)26(29-21-28-25)31-30-22-16-18-23(19-17-22)32(34)35/h16-19,21,30H,2-15,20H2,1H3,(H2,27,28,29,31). The Morgan fingerprint density at radius 3 is 1.70 bits per heavy atom. The number of nitro benzene ring substituents is 1. The molecule has 1 aromatic heterocycles. The lowest BCUT2D eigenvalue weighted by Gasteiger charge is -2.11. The number of non-ortho nitro benzene ring substituents is 1. The van der Waals surface area contributed by atoms with E-state index in [4.69, 9.17) is 0 Å². The van der Waals surface area contributed by atoms with Crippen LogP contribution in [0.5, 0.6) is 0 Å². The summed E-state index contributed by atoms with van der Waals surface area (Å²) < 4.78 is 0.